The molecule has 0 spiro atoms. The zero-order chi connectivity index (χ0) is 15.9. The molecule has 3 rings (SSSR count). The van der Waals surface area contributed by atoms with Gasteiger partial charge in [-0.1, -0.05) is 12.1 Å². The molecule has 1 unspecified atom stereocenters. The first-order chi connectivity index (χ1) is 10.5. The van der Waals surface area contributed by atoms with E-state index in [1.807, 2.05) is 0 Å². The van der Waals surface area contributed by atoms with Crippen molar-refractivity contribution in [3.8, 4) is 0 Å². The molecule has 2 aliphatic rings. The van der Waals surface area contributed by atoms with E-state index in [0.717, 1.165) is 17.7 Å². The van der Waals surface area contributed by atoms with E-state index < -0.39 is 17.9 Å². The third-order valence-corrected chi connectivity index (χ3v) is 4.42. The second-order valence-corrected chi connectivity index (χ2v) is 5.86. The molecule has 0 aliphatic carbocycles. The van der Waals surface area contributed by atoms with Crippen LogP contribution in [0.3, 0.4) is 0 Å². The van der Waals surface area contributed by atoms with Crippen molar-refractivity contribution < 1.29 is 14.4 Å². The van der Waals surface area contributed by atoms with Gasteiger partial charge in [0.25, 0.3) is 11.8 Å². The lowest BCUT2D eigenvalue weighted by molar-refractivity contribution is -0.135. The number of hydrogen-bond donors (Lipinski definition) is 1. The van der Waals surface area contributed by atoms with Gasteiger partial charge in [0, 0.05) is 19.1 Å². The molecular formula is C16H19N3O3. The number of carbonyl (C=O) groups excluding carboxylic acids is 3. The highest BCUT2D eigenvalue weighted by molar-refractivity contribution is 6.22. The Hall–Kier alpha value is -2.21. The van der Waals surface area contributed by atoms with Crippen LogP contribution in [0.15, 0.2) is 24.3 Å². The minimum absolute atomic E-state index is 0.124. The van der Waals surface area contributed by atoms with Gasteiger partial charge in [-0.25, -0.2) is 0 Å². The fourth-order valence-electron chi connectivity index (χ4n) is 3.05. The SMILES string of the molecule is CC(C(=O)N1CCC(N)CC1)N1C(=O)c2ccccc2C1=O. The monoisotopic (exact) mass is 301 g/mol. The number of benzene rings is 1. The summed E-state index contributed by atoms with van der Waals surface area (Å²) < 4.78 is 0. The Labute approximate surface area is 128 Å². The van der Waals surface area contributed by atoms with E-state index in [2.05, 4.69) is 0 Å². The second-order valence-electron chi connectivity index (χ2n) is 5.86. The Morgan fingerprint density at radius 3 is 2.14 bits per heavy atom. The van der Waals surface area contributed by atoms with Gasteiger partial charge < -0.3 is 10.6 Å². The normalized spacial score (nSPS) is 20.3. The summed E-state index contributed by atoms with van der Waals surface area (Å²) in [6.07, 6.45) is 1.50. The van der Waals surface area contributed by atoms with Crippen molar-refractivity contribution >= 4 is 17.7 Å². The number of nitrogens with zero attached hydrogens (tertiary/aromatic N) is 2. The Morgan fingerprint density at radius 1 is 1.14 bits per heavy atom. The number of piperidine rings is 1. The number of rotatable bonds is 2. The predicted molar refractivity (Wildman–Crippen MR) is 80.2 cm³/mol. The van der Waals surface area contributed by atoms with Crippen molar-refractivity contribution in [2.75, 3.05) is 13.1 Å². The average molecular weight is 301 g/mol. The Bertz CT molecular complexity index is 600. The maximum absolute atomic E-state index is 12.6. The van der Waals surface area contributed by atoms with Gasteiger partial charge in [0.05, 0.1) is 11.1 Å². The van der Waals surface area contributed by atoms with Crippen molar-refractivity contribution in [3.63, 3.8) is 0 Å². The highest BCUT2D eigenvalue weighted by atomic mass is 16.2. The zero-order valence-corrected chi connectivity index (χ0v) is 12.5. The van der Waals surface area contributed by atoms with Gasteiger partial charge in [0.2, 0.25) is 5.91 Å². The van der Waals surface area contributed by atoms with Crippen LogP contribution in [0.2, 0.25) is 0 Å². The smallest absolute Gasteiger partial charge is 0.262 e. The van der Waals surface area contributed by atoms with Crippen molar-refractivity contribution in [2.24, 2.45) is 5.73 Å². The number of fused-ring (bicyclic) bond motifs is 1. The van der Waals surface area contributed by atoms with Crippen molar-refractivity contribution in [1.82, 2.24) is 9.80 Å². The van der Waals surface area contributed by atoms with Crippen LogP contribution in [0.5, 0.6) is 0 Å². The molecule has 6 heteroatoms. The molecule has 0 aromatic heterocycles. The van der Waals surface area contributed by atoms with Crippen LogP contribution >= 0.6 is 0 Å². The molecule has 1 fully saturated rings. The highest BCUT2D eigenvalue weighted by Gasteiger charge is 2.41. The van der Waals surface area contributed by atoms with Crippen LogP contribution in [-0.4, -0.2) is 52.7 Å². The first kappa shape index (κ1) is 14.7. The number of hydrogen-bond acceptors (Lipinski definition) is 4. The van der Waals surface area contributed by atoms with E-state index in [0.29, 0.717) is 24.2 Å². The van der Waals surface area contributed by atoms with Crippen molar-refractivity contribution in [2.45, 2.75) is 31.8 Å². The topological polar surface area (TPSA) is 83.7 Å². The maximum Gasteiger partial charge on any atom is 0.262 e. The van der Waals surface area contributed by atoms with E-state index >= 15 is 0 Å². The predicted octanol–water partition coefficient (Wildman–Crippen LogP) is 0.621. The summed E-state index contributed by atoms with van der Waals surface area (Å²) in [7, 11) is 0. The third kappa shape index (κ3) is 2.29. The number of nitrogens with two attached hydrogens (primary N) is 1. The molecule has 2 N–H and O–H groups in total. The van der Waals surface area contributed by atoms with Crippen LogP contribution in [0.4, 0.5) is 0 Å². The maximum atomic E-state index is 12.6. The molecule has 0 radical (unpaired) electrons. The Kier molecular flexibility index (Phi) is 3.70. The lowest BCUT2D eigenvalue weighted by Gasteiger charge is -2.34. The largest absolute Gasteiger partial charge is 0.341 e. The molecule has 116 valence electrons. The molecule has 1 aromatic rings. The first-order valence-corrected chi connectivity index (χ1v) is 7.52. The average Bonchev–Trinajstić information content (AvgIpc) is 2.79. The fourth-order valence-corrected chi connectivity index (χ4v) is 3.05. The van der Waals surface area contributed by atoms with E-state index in [9.17, 15) is 14.4 Å². The summed E-state index contributed by atoms with van der Waals surface area (Å²) in [6.45, 7) is 2.76. The number of imide groups is 1. The van der Waals surface area contributed by atoms with Crippen LogP contribution < -0.4 is 5.73 Å². The number of carbonyl (C=O) groups is 3. The summed E-state index contributed by atoms with van der Waals surface area (Å²) in [5.74, 6) is -0.980. The molecule has 0 saturated carbocycles. The van der Waals surface area contributed by atoms with Crippen LogP contribution in [0.25, 0.3) is 0 Å². The third-order valence-electron chi connectivity index (χ3n) is 4.42. The molecular weight excluding hydrogens is 282 g/mol. The summed E-state index contributed by atoms with van der Waals surface area (Å²) in [4.78, 5) is 40.1. The molecule has 1 atom stereocenters. The van der Waals surface area contributed by atoms with Crippen LogP contribution in [0.1, 0.15) is 40.5 Å². The Morgan fingerprint density at radius 2 is 1.64 bits per heavy atom. The summed E-state index contributed by atoms with van der Waals surface area (Å²) in [6, 6.07) is 6.00. The van der Waals surface area contributed by atoms with E-state index in [4.69, 9.17) is 5.73 Å². The molecule has 3 amide bonds. The quantitative estimate of drug-likeness (QED) is 0.812. The highest BCUT2D eigenvalue weighted by Crippen LogP contribution is 2.25. The second kappa shape index (κ2) is 5.53. The van der Waals surface area contributed by atoms with Crippen molar-refractivity contribution in [1.29, 1.82) is 0 Å². The summed E-state index contributed by atoms with van der Waals surface area (Å²) in [5, 5.41) is 0. The van der Waals surface area contributed by atoms with Gasteiger partial charge in [-0.05, 0) is 31.9 Å². The minimum atomic E-state index is -0.790. The van der Waals surface area contributed by atoms with Gasteiger partial charge in [-0.2, -0.15) is 0 Å². The van der Waals surface area contributed by atoms with Crippen molar-refractivity contribution in [3.05, 3.63) is 35.4 Å². The number of amides is 3. The van der Waals surface area contributed by atoms with Crippen LogP contribution in [-0.2, 0) is 4.79 Å². The van der Waals surface area contributed by atoms with Gasteiger partial charge in [0.15, 0.2) is 0 Å². The van der Waals surface area contributed by atoms with E-state index in [1.165, 1.54) is 0 Å². The minimum Gasteiger partial charge on any atom is -0.341 e. The lowest BCUT2D eigenvalue weighted by Crippen LogP contribution is -2.52. The molecule has 1 aromatic carbocycles. The molecule has 0 bridgehead atoms. The lowest BCUT2D eigenvalue weighted by atomic mass is 10.1. The molecule has 2 heterocycles. The van der Waals surface area contributed by atoms with Gasteiger partial charge in [-0.3, -0.25) is 19.3 Å². The van der Waals surface area contributed by atoms with Gasteiger partial charge in [-0.15, -0.1) is 0 Å². The number of likely N-dealkylation sites (tertiary alicyclic amines) is 1. The summed E-state index contributed by atoms with van der Waals surface area (Å²) >= 11 is 0. The van der Waals surface area contributed by atoms with E-state index in [1.54, 1.807) is 36.1 Å². The van der Waals surface area contributed by atoms with Crippen LogP contribution in [0, 0.1) is 0 Å². The molecule has 6 nitrogen and oxygen atoms in total. The van der Waals surface area contributed by atoms with E-state index in [-0.39, 0.29) is 11.9 Å². The Balaban J connectivity index is 1.79. The summed E-state index contributed by atoms with van der Waals surface area (Å²) in [5.41, 5.74) is 6.58. The fraction of sp³-hybridized carbons (Fsp3) is 0.438. The standard InChI is InChI=1S/C16H19N3O3/c1-10(14(20)18-8-6-11(17)7-9-18)19-15(21)12-4-2-3-5-13(12)16(19)22/h2-5,10-11H,6-9,17H2,1H3. The molecule has 2 aliphatic heterocycles. The molecule has 1 saturated heterocycles. The first-order valence-electron chi connectivity index (χ1n) is 7.52. The van der Waals surface area contributed by atoms with Gasteiger partial charge in [0.1, 0.15) is 6.04 Å². The zero-order valence-electron chi connectivity index (χ0n) is 12.5. The van der Waals surface area contributed by atoms with Gasteiger partial charge >= 0.3 is 0 Å². The molecule has 22 heavy (non-hydrogen) atoms.